The first-order valence-electron chi connectivity index (χ1n) is 7.60. The van der Waals surface area contributed by atoms with E-state index in [9.17, 15) is 0 Å². The summed E-state index contributed by atoms with van der Waals surface area (Å²) >= 11 is -1.39. The van der Waals surface area contributed by atoms with Crippen LogP contribution in [0.25, 0.3) is 0 Å². The Morgan fingerprint density at radius 3 is 1.00 bits per heavy atom. The van der Waals surface area contributed by atoms with E-state index in [1.165, 1.54) is 25.2 Å². The maximum atomic E-state index is 7.62. The van der Waals surface area contributed by atoms with Crippen LogP contribution >= 0.6 is 0 Å². The second-order valence-electron chi connectivity index (χ2n) is 4.82. The van der Waals surface area contributed by atoms with Crippen molar-refractivity contribution in [1.82, 2.24) is 0 Å². The summed E-state index contributed by atoms with van der Waals surface area (Å²) in [6.45, 7) is 0. The molecule has 3 aromatic rings. The van der Waals surface area contributed by atoms with E-state index in [1.54, 1.807) is 0 Å². The van der Waals surface area contributed by atoms with Crippen LogP contribution in [-0.2, 0) is 21.1 Å². The van der Waals surface area contributed by atoms with Gasteiger partial charge in [0.2, 0.25) is 0 Å². The van der Waals surface area contributed by atoms with Gasteiger partial charge in [-0.05, 0) is 0 Å². The molecule has 3 aromatic carbocycles. The molecule has 0 aliphatic rings. The molecule has 2 nitrogen and oxygen atoms in total. The fraction of sp³-hybridized carbons (Fsp3) is 0. The van der Waals surface area contributed by atoms with E-state index in [-0.39, 0.29) is 21.1 Å². The van der Waals surface area contributed by atoms with Crippen LogP contribution < -0.4 is 13.1 Å². The summed E-state index contributed by atoms with van der Waals surface area (Å²) in [5, 5.41) is 15.2. The summed E-state index contributed by atoms with van der Waals surface area (Å²) in [4.78, 5) is 0. The second-order valence-corrected chi connectivity index (χ2v) is 9.47. The van der Waals surface area contributed by atoms with Gasteiger partial charge in [-0.2, -0.15) is 10.5 Å². The fourth-order valence-corrected chi connectivity index (χ4v) is 7.07. The Hall–Kier alpha value is -2.55. The van der Waals surface area contributed by atoms with Gasteiger partial charge in [0.1, 0.15) is 0 Å². The molecule has 0 amide bonds. The topological polar surface area (TPSA) is 47.6 Å². The Bertz CT molecular complexity index is 806. The Morgan fingerprint density at radius 2 is 0.769 bits per heavy atom. The first kappa shape index (κ1) is 21.5. The van der Waals surface area contributed by atoms with E-state index in [0.29, 0.717) is 0 Å². The zero-order chi connectivity index (χ0) is 17.7. The van der Waals surface area contributed by atoms with Gasteiger partial charge in [0, 0.05) is 32.9 Å². The molecule has 0 N–H and O–H groups in total. The van der Waals surface area contributed by atoms with Gasteiger partial charge in [0.05, 0.1) is 0 Å². The minimum atomic E-state index is -1.39. The summed E-state index contributed by atoms with van der Waals surface area (Å²) in [6, 6.07) is 35.7. The molecular weight excluding hydrogens is 562 g/mol. The van der Waals surface area contributed by atoms with Crippen LogP contribution in [0.2, 0.25) is 0 Å². The van der Waals surface area contributed by atoms with Crippen molar-refractivity contribution in [1.29, 1.82) is 10.5 Å². The van der Waals surface area contributed by atoms with Gasteiger partial charge in [-0.3, -0.25) is 0 Å². The summed E-state index contributed by atoms with van der Waals surface area (Å²) in [5.74, 6) is 3.78. The summed E-state index contributed by atoms with van der Waals surface area (Å²) in [5.41, 5.74) is 0. The molecule has 0 aliphatic heterocycles. The van der Waals surface area contributed by atoms with Gasteiger partial charge in [-0.15, -0.1) is 0 Å². The number of nitrogens with zero attached hydrogens (tertiary/aromatic N) is 2. The van der Waals surface area contributed by atoms with Gasteiger partial charge in [-0.1, -0.05) is 0 Å². The molecular formula is C22H15AsN2Pt. The quantitative estimate of drug-likeness (QED) is 0.355. The van der Waals surface area contributed by atoms with E-state index in [1.807, 2.05) is 11.8 Å². The van der Waals surface area contributed by atoms with E-state index >= 15 is 0 Å². The Morgan fingerprint density at radius 1 is 0.500 bits per heavy atom. The number of nitriles is 2. The van der Waals surface area contributed by atoms with Crippen LogP contribution in [0.1, 0.15) is 0 Å². The molecule has 0 saturated carbocycles. The Labute approximate surface area is 173 Å². The first-order chi connectivity index (χ1) is 12.4. The molecule has 4 heteroatoms. The molecule has 128 valence electrons. The number of benzene rings is 3. The van der Waals surface area contributed by atoms with Crippen molar-refractivity contribution < 1.29 is 21.1 Å². The molecule has 0 spiro atoms. The molecule has 0 saturated heterocycles. The molecule has 3 rings (SSSR count). The standard InChI is InChI=1S/C18H15As.C4N2.Pt/c1-4-10-16(11-5-1)19(17-12-6-2-7-13-17)18-14-8-3-9-15-18;5-3-1-2-4-6;/h1-15H;;. The number of rotatable bonds is 3. The van der Waals surface area contributed by atoms with Crippen molar-refractivity contribution >= 4 is 27.7 Å². The van der Waals surface area contributed by atoms with Crippen molar-refractivity contribution in [2.24, 2.45) is 0 Å². The van der Waals surface area contributed by atoms with Crippen LogP contribution in [-0.4, -0.2) is 14.7 Å². The van der Waals surface area contributed by atoms with Crippen LogP contribution in [0.15, 0.2) is 91.0 Å². The molecule has 0 aliphatic carbocycles. The molecule has 0 atom stereocenters. The molecule has 0 aromatic heterocycles. The van der Waals surface area contributed by atoms with E-state index < -0.39 is 14.7 Å². The monoisotopic (exact) mass is 577 g/mol. The SMILES string of the molecule is N#CC#CC#N.[Pt].c1ccc([As](c2ccccc2)c2ccccc2)cc1. The molecule has 0 heterocycles. The van der Waals surface area contributed by atoms with Crippen molar-refractivity contribution in [2.75, 3.05) is 0 Å². The summed E-state index contributed by atoms with van der Waals surface area (Å²) in [7, 11) is 0. The molecule has 0 fully saturated rings. The zero-order valence-electron chi connectivity index (χ0n) is 13.8. The number of hydrogen-bond donors (Lipinski definition) is 0. The van der Waals surface area contributed by atoms with Crippen LogP contribution in [0.4, 0.5) is 0 Å². The van der Waals surface area contributed by atoms with Crippen molar-refractivity contribution in [3.8, 4) is 24.0 Å². The molecule has 0 unspecified atom stereocenters. The predicted octanol–water partition coefficient (Wildman–Crippen LogP) is 2.24. The normalized spacial score (nSPS) is 8.42. The predicted molar refractivity (Wildman–Crippen MR) is 103 cm³/mol. The van der Waals surface area contributed by atoms with Crippen LogP contribution in [0.3, 0.4) is 0 Å². The van der Waals surface area contributed by atoms with E-state index in [4.69, 9.17) is 10.5 Å². The third kappa shape index (κ3) is 6.75. The minimum absolute atomic E-state index is 0. The maximum absolute atomic E-state index is 7.62. The van der Waals surface area contributed by atoms with Crippen molar-refractivity contribution in [3.05, 3.63) is 91.0 Å². The van der Waals surface area contributed by atoms with Crippen molar-refractivity contribution in [2.45, 2.75) is 0 Å². The van der Waals surface area contributed by atoms with Crippen LogP contribution in [0, 0.1) is 34.5 Å². The Kier molecular flexibility index (Phi) is 10.5. The van der Waals surface area contributed by atoms with Crippen molar-refractivity contribution in [3.63, 3.8) is 0 Å². The average Bonchev–Trinajstić information content (AvgIpc) is 2.70. The molecule has 0 bridgehead atoms. The van der Waals surface area contributed by atoms with Gasteiger partial charge in [-0.25, -0.2) is 0 Å². The molecule has 26 heavy (non-hydrogen) atoms. The van der Waals surface area contributed by atoms with Gasteiger partial charge in [0.25, 0.3) is 0 Å². The fourth-order valence-electron chi connectivity index (χ4n) is 2.23. The van der Waals surface area contributed by atoms with Gasteiger partial charge < -0.3 is 0 Å². The third-order valence-electron chi connectivity index (χ3n) is 3.22. The Balaban J connectivity index is 0.000000422. The second kappa shape index (κ2) is 12.8. The average molecular weight is 577 g/mol. The van der Waals surface area contributed by atoms with Gasteiger partial charge >= 0.3 is 119 Å². The molecule has 0 radical (unpaired) electrons. The first-order valence-corrected chi connectivity index (χ1v) is 10.4. The number of hydrogen-bond acceptors (Lipinski definition) is 2. The summed E-state index contributed by atoms with van der Waals surface area (Å²) < 4.78 is 4.44. The van der Waals surface area contributed by atoms with E-state index in [0.717, 1.165) is 0 Å². The van der Waals surface area contributed by atoms with Gasteiger partial charge in [0.15, 0.2) is 12.1 Å². The van der Waals surface area contributed by atoms with E-state index in [2.05, 4.69) is 91.0 Å². The summed E-state index contributed by atoms with van der Waals surface area (Å²) in [6.07, 6.45) is 0. The third-order valence-corrected chi connectivity index (χ3v) is 8.34. The van der Waals surface area contributed by atoms with Crippen LogP contribution in [0.5, 0.6) is 0 Å². The zero-order valence-corrected chi connectivity index (χ0v) is 18.0.